The van der Waals surface area contributed by atoms with E-state index < -0.39 is 6.10 Å². The molecule has 0 aliphatic carbocycles. The van der Waals surface area contributed by atoms with Crippen LogP contribution in [-0.2, 0) is 4.79 Å². The lowest BCUT2D eigenvalue weighted by atomic mass is 9.97. The Morgan fingerprint density at radius 3 is 2.54 bits per heavy atom. The molecule has 3 N–H and O–H groups in total. The van der Waals surface area contributed by atoms with E-state index in [9.17, 15) is 15.2 Å². The molecule has 0 saturated heterocycles. The Morgan fingerprint density at radius 2 is 1.96 bits per heavy atom. The van der Waals surface area contributed by atoms with Gasteiger partial charge in [-0.25, -0.2) is 0 Å². The number of carbonyl (C=O) groups excluding carboxylic acids is 1. The number of rotatable bonds is 11. The van der Waals surface area contributed by atoms with Crippen molar-refractivity contribution in [1.29, 1.82) is 5.26 Å². The van der Waals surface area contributed by atoms with Crippen LogP contribution in [0, 0.1) is 17.2 Å². The minimum atomic E-state index is -0.685. The third-order valence-electron chi connectivity index (χ3n) is 4.62. The van der Waals surface area contributed by atoms with Crippen LogP contribution in [0.1, 0.15) is 65.9 Å². The van der Waals surface area contributed by atoms with Gasteiger partial charge in [0.25, 0.3) is 0 Å². The predicted octanol–water partition coefficient (Wildman–Crippen LogP) is 3.84. The number of nitrogens with one attached hydrogen (secondary N) is 2. The highest BCUT2D eigenvalue weighted by Gasteiger charge is 2.14. The van der Waals surface area contributed by atoms with E-state index in [1.54, 1.807) is 18.2 Å². The molecule has 0 fully saturated rings. The van der Waals surface area contributed by atoms with E-state index in [0.717, 1.165) is 19.3 Å². The zero-order valence-electron chi connectivity index (χ0n) is 17.8. The number of benzene rings is 1. The first kappa shape index (κ1) is 23.9. The maximum atomic E-state index is 12.1. The van der Waals surface area contributed by atoms with E-state index in [-0.39, 0.29) is 18.1 Å². The molecule has 0 bridgehead atoms. The summed E-state index contributed by atoms with van der Waals surface area (Å²) in [5, 5.41) is 25.4. The highest BCUT2D eigenvalue weighted by molar-refractivity contribution is 5.91. The highest BCUT2D eigenvalue weighted by atomic mass is 16.5. The number of β-amino-alcohol motifs (C(OH)–C–C–N with tert-alkyl or cyclic N) is 1. The maximum absolute atomic E-state index is 12.1. The second-order valence-corrected chi connectivity index (χ2v) is 8.19. The maximum Gasteiger partial charge on any atom is 0.224 e. The summed E-state index contributed by atoms with van der Waals surface area (Å²) in [6.07, 6.45) is 2.80. The van der Waals surface area contributed by atoms with Crippen molar-refractivity contribution >= 4 is 11.6 Å². The fourth-order valence-electron chi connectivity index (χ4n) is 2.75. The van der Waals surface area contributed by atoms with Gasteiger partial charge in [-0.05, 0) is 51.3 Å². The van der Waals surface area contributed by atoms with Crippen molar-refractivity contribution in [3.63, 3.8) is 0 Å². The van der Waals surface area contributed by atoms with Gasteiger partial charge < -0.3 is 20.5 Å². The monoisotopic (exact) mass is 389 g/mol. The topological polar surface area (TPSA) is 94.4 Å². The number of hydrogen-bond donors (Lipinski definition) is 3. The molecule has 0 radical (unpaired) electrons. The number of aliphatic hydroxyl groups excluding tert-OH is 1. The average Bonchev–Trinajstić information content (AvgIpc) is 2.65. The van der Waals surface area contributed by atoms with Crippen LogP contribution in [0.5, 0.6) is 5.75 Å². The van der Waals surface area contributed by atoms with Gasteiger partial charge in [-0.2, -0.15) is 5.26 Å². The van der Waals surface area contributed by atoms with Crippen LogP contribution >= 0.6 is 0 Å². The summed E-state index contributed by atoms with van der Waals surface area (Å²) in [4.78, 5) is 12.1. The molecule has 0 aromatic heterocycles. The average molecular weight is 390 g/mol. The molecule has 0 aliphatic rings. The van der Waals surface area contributed by atoms with Gasteiger partial charge in [-0.15, -0.1) is 0 Å². The first-order chi connectivity index (χ1) is 13.2. The van der Waals surface area contributed by atoms with Crippen LogP contribution in [0.3, 0.4) is 0 Å². The fourth-order valence-corrected chi connectivity index (χ4v) is 2.75. The van der Waals surface area contributed by atoms with E-state index in [1.165, 1.54) is 0 Å². The van der Waals surface area contributed by atoms with Gasteiger partial charge in [0.15, 0.2) is 0 Å². The fraction of sp³-hybridized carbons (Fsp3) is 0.636. The molecule has 1 amide bonds. The smallest absolute Gasteiger partial charge is 0.224 e. The van der Waals surface area contributed by atoms with Gasteiger partial charge in [0.1, 0.15) is 24.5 Å². The van der Waals surface area contributed by atoms with Crippen molar-refractivity contribution < 1.29 is 14.6 Å². The molecule has 6 nitrogen and oxygen atoms in total. The Bertz CT molecular complexity index is 658. The quantitative estimate of drug-likeness (QED) is 0.534. The molecule has 0 aliphatic heterocycles. The van der Waals surface area contributed by atoms with Crippen molar-refractivity contribution in [1.82, 2.24) is 5.32 Å². The molecular weight excluding hydrogens is 354 g/mol. The molecule has 1 unspecified atom stereocenters. The van der Waals surface area contributed by atoms with Crippen molar-refractivity contribution in [3.8, 4) is 11.8 Å². The predicted molar refractivity (Wildman–Crippen MR) is 112 cm³/mol. The minimum absolute atomic E-state index is 0.0480. The van der Waals surface area contributed by atoms with Crippen LogP contribution in [0.4, 0.5) is 5.69 Å². The molecule has 156 valence electrons. The second kappa shape index (κ2) is 11.7. The molecule has 1 aromatic carbocycles. The third-order valence-corrected chi connectivity index (χ3v) is 4.62. The van der Waals surface area contributed by atoms with Gasteiger partial charge >= 0.3 is 0 Å². The molecule has 28 heavy (non-hydrogen) atoms. The van der Waals surface area contributed by atoms with Crippen LogP contribution in [0.2, 0.25) is 0 Å². The van der Waals surface area contributed by atoms with Crippen LogP contribution in [0.25, 0.3) is 0 Å². The first-order valence-corrected chi connectivity index (χ1v) is 10.1. The van der Waals surface area contributed by atoms with Gasteiger partial charge in [-0.1, -0.05) is 26.7 Å². The van der Waals surface area contributed by atoms with Crippen molar-refractivity contribution in [2.24, 2.45) is 5.92 Å². The normalized spacial score (nSPS) is 12.5. The van der Waals surface area contributed by atoms with E-state index in [2.05, 4.69) is 30.6 Å². The lowest BCUT2D eigenvalue weighted by Crippen LogP contribution is -2.42. The summed E-state index contributed by atoms with van der Waals surface area (Å²) in [5.74, 6) is 0.913. The molecule has 0 heterocycles. The molecule has 1 atom stereocenters. The van der Waals surface area contributed by atoms with E-state index >= 15 is 0 Å². The number of carbonyl (C=O) groups is 1. The Balaban J connectivity index is 2.59. The van der Waals surface area contributed by atoms with Crippen molar-refractivity contribution in [2.45, 2.75) is 71.9 Å². The highest BCUT2D eigenvalue weighted by Crippen LogP contribution is 2.23. The van der Waals surface area contributed by atoms with E-state index in [1.807, 2.05) is 20.8 Å². The third kappa shape index (κ3) is 9.20. The SMILES string of the molecule is CCC(CC)CCC(=O)Nc1ccc(OCC(O)CNC(C)(C)C)c(C#N)c1. The summed E-state index contributed by atoms with van der Waals surface area (Å²) in [6.45, 7) is 10.8. The van der Waals surface area contributed by atoms with Crippen LogP contribution < -0.4 is 15.4 Å². The Labute approximate surface area is 169 Å². The summed E-state index contributed by atoms with van der Waals surface area (Å²) >= 11 is 0. The van der Waals surface area contributed by atoms with Gasteiger partial charge in [0.05, 0.1) is 5.56 Å². The van der Waals surface area contributed by atoms with Crippen molar-refractivity contribution in [2.75, 3.05) is 18.5 Å². The minimum Gasteiger partial charge on any atom is -0.489 e. The summed E-state index contributed by atoms with van der Waals surface area (Å²) in [5.41, 5.74) is 0.814. The molecule has 1 rings (SSSR count). The van der Waals surface area contributed by atoms with Crippen LogP contribution in [0.15, 0.2) is 18.2 Å². The lowest BCUT2D eigenvalue weighted by molar-refractivity contribution is -0.116. The Morgan fingerprint density at radius 1 is 1.29 bits per heavy atom. The number of ether oxygens (including phenoxy) is 1. The zero-order chi connectivity index (χ0) is 21.2. The first-order valence-electron chi connectivity index (χ1n) is 10.1. The number of anilines is 1. The lowest BCUT2D eigenvalue weighted by Gasteiger charge is -2.23. The Kier molecular flexibility index (Phi) is 9.98. The second-order valence-electron chi connectivity index (χ2n) is 8.19. The number of nitriles is 1. The molecular formula is C22H35N3O3. The number of hydrogen-bond acceptors (Lipinski definition) is 5. The zero-order valence-corrected chi connectivity index (χ0v) is 17.8. The van der Waals surface area contributed by atoms with Crippen molar-refractivity contribution in [3.05, 3.63) is 23.8 Å². The number of amides is 1. The molecule has 1 aromatic rings. The largest absolute Gasteiger partial charge is 0.489 e. The van der Waals surface area contributed by atoms with Gasteiger partial charge in [0, 0.05) is 24.2 Å². The van der Waals surface area contributed by atoms with E-state index in [4.69, 9.17) is 4.74 Å². The van der Waals surface area contributed by atoms with Gasteiger partial charge in [-0.3, -0.25) is 4.79 Å². The van der Waals surface area contributed by atoms with Crippen LogP contribution in [-0.4, -0.2) is 35.8 Å². The molecule has 0 spiro atoms. The summed E-state index contributed by atoms with van der Waals surface area (Å²) in [7, 11) is 0. The van der Waals surface area contributed by atoms with E-state index in [0.29, 0.717) is 35.9 Å². The Hall–Kier alpha value is -2.10. The standard InChI is InChI=1S/C22H35N3O3/c1-6-16(7-2)8-11-21(27)25-18-9-10-20(17(12-18)13-23)28-15-19(26)14-24-22(3,4)5/h9-10,12,16,19,24,26H,6-8,11,14-15H2,1-5H3,(H,25,27). The summed E-state index contributed by atoms with van der Waals surface area (Å²) in [6, 6.07) is 7.05. The number of aliphatic hydroxyl groups is 1. The summed E-state index contributed by atoms with van der Waals surface area (Å²) < 4.78 is 5.60. The molecule has 6 heteroatoms. The molecule has 0 saturated carbocycles. The van der Waals surface area contributed by atoms with Gasteiger partial charge in [0.2, 0.25) is 5.91 Å². The number of nitrogens with zero attached hydrogens (tertiary/aromatic N) is 1.